The molecule has 0 radical (unpaired) electrons. The molecule has 1 aromatic heterocycles. The predicted octanol–water partition coefficient (Wildman–Crippen LogP) is 2.23. The van der Waals surface area contributed by atoms with Crippen molar-refractivity contribution in [2.24, 2.45) is 0 Å². The summed E-state index contributed by atoms with van der Waals surface area (Å²) in [5.74, 6) is 1.92. The molecule has 3 N–H and O–H groups in total. The van der Waals surface area contributed by atoms with Crippen LogP contribution >= 0.6 is 0 Å². The summed E-state index contributed by atoms with van der Waals surface area (Å²) in [6.07, 6.45) is 1.99. The Morgan fingerprint density at radius 2 is 2.05 bits per heavy atom. The Balaban J connectivity index is 1.81. The normalized spacial score (nSPS) is 15.9. The average Bonchev–Trinajstić information content (AvgIpc) is 2.95. The molecule has 0 aliphatic carbocycles. The number of H-pyrrole nitrogens is 1. The first kappa shape index (κ1) is 13.8. The van der Waals surface area contributed by atoms with Crippen molar-refractivity contribution in [3.05, 3.63) is 24.3 Å². The molecule has 1 aromatic carbocycles. The van der Waals surface area contributed by atoms with E-state index in [2.05, 4.69) is 10.2 Å². The first-order valence-electron chi connectivity index (χ1n) is 7.00. The lowest BCUT2D eigenvalue weighted by Gasteiger charge is -2.24. The fourth-order valence-electron chi connectivity index (χ4n) is 2.39. The predicted molar refractivity (Wildman–Crippen MR) is 79.5 cm³/mol. The number of hydrogen-bond acceptors (Lipinski definition) is 5. The van der Waals surface area contributed by atoms with Crippen LogP contribution in [0.1, 0.15) is 12.8 Å². The number of nitrogen functional groups attached to an aromatic ring is 1. The van der Waals surface area contributed by atoms with Crippen molar-refractivity contribution < 1.29 is 14.2 Å². The zero-order valence-corrected chi connectivity index (χ0v) is 12.0. The Kier molecular flexibility index (Phi) is 3.96. The molecule has 21 heavy (non-hydrogen) atoms. The first-order valence-corrected chi connectivity index (χ1v) is 7.00. The van der Waals surface area contributed by atoms with Crippen molar-refractivity contribution in [1.82, 2.24) is 10.2 Å². The van der Waals surface area contributed by atoms with Gasteiger partial charge in [-0.05, 0) is 18.2 Å². The largest absolute Gasteiger partial charge is 0.493 e. The van der Waals surface area contributed by atoms with Gasteiger partial charge in [0.25, 0.3) is 0 Å². The minimum Gasteiger partial charge on any atom is -0.493 e. The fraction of sp³-hybridized carbons (Fsp3) is 0.400. The highest BCUT2D eigenvalue weighted by Crippen LogP contribution is 2.33. The molecular weight excluding hydrogens is 270 g/mol. The molecular formula is C15H19N3O3. The van der Waals surface area contributed by atoms with Gasteiger partial charge in [0.05, 0.1) is 26.0 Å². The lowest BCUT2D eigenvalue weighted by molar-refractivity contribution is 0.0245. The SMILES string of the molecule is COc1cc(-c2cc(N)n[nH]2)ccc1OC1CCOCC1. The van der Waals surface area contributed by atoms with Crippen molar-refractivity contribution >= 4 is 5.82 Å². The van der Waals surface area contributed by atoms with Gasteiger partial charge in [0, 0.05) is 24.5 Å². The van der Waals surface area contributed by atoms with E-state index in [4.69, 9.17) is 19.9 Å². The quantitative estimate of drug-likeness (QED) is 0.902. The molecule has 2 heterocycles. The molecule has 0 atom stereocenters. The molecule has 6 nitrogen and oxygen atoms in total. The number of nitrogens with zero attached hydrogens (tertiary/aromatic N) is 1. The number of methoxy groups -OCH3 is 1. The zero-order chi connectivity index (χ0) is 14.7. The summed E-state index contributed by atoms with van der Waals surface area (Å²) in [5, 5.41) is 6.82. The third-order valence-electron chi connectivity index (χ3n) is 3.53. The van der Waals surface area contributed by atoms with Gasteiger partial charge in [0.15, 0.2) is 11.5 Å². The van der Waals surface area contributed by atoms with Gasteiger partial charge >= 0.3 is 0 Å². The number of hydrogen-bond donors (Lipinski definition) is 2. The number of aromatic nitrogens is 2. The van der Waals surface area contributed by atoms with Crippen molar-refractivity contribution in [1.29, 1.82) is 0 Å². The van der Waals surface area contributed by atoms with Crippen LogP contribution in [0.2, 0.25) is 0 Å². The number of ether oxygens (including phenoxy) is 3. The van der Waals surface area contributed by atoms with Gasteiger partial charge in [-0.1, -0.05) is 0 Å². The maximum absolute atomic E-state index is 6.02. The Bertz CT molecular complexity index is 606. The summed E-state index contributed by atoms with van der Waals surface area (Å²) in [7, 11) is 1.64. The Morgan fingerprint density at radius 1 is 1.24 bits per heavy atom. The van der Waals surface area contributed by atoms with E-state index < -0.39 is 0 Å². The summed E-state index contributed by atoms with van der Waals surface area (Å²) in [5.41, 5.74) is 7.43. The van der Waals surface area contributed by atoms with E-state index in [0.29, 0.717) is 11.6 Å². The van der Waals surface area contributed by atoms with Gasteiger partial charge in [-0.2, -0.15) is 5.10 Å². The molecule has 0 saturated carbocycles. The van der Waals surface area contributed by atoms with Crippen LogP contribution in [-0.2, 0) is 4.74 Å². The van der Waals surface area contributed by atoms with Crippen LogP contribution in [0.5, 0.6) is 11.5 Å². The van der Waals surface area contributed by atoms with Gasteiger partial charge in [-0.15, -0.1) is 0 Å². The van der Waals surface area contributed by atoms with Gasteiger partial charge < -0.3 is 19.9 Å². The number of nitrogens with one attached hydrogen (secondary N) is 1. The molecule has 0 unspecified atom stereocenters. The molecule has 1 aliphatic rings. The van der Waals surface area contributed by atoms with Crippen LogP contribution in [0.3, 0.4) is 0 Å². The van der Waals surface area contributed by atoms with Crippen LogP contribution < -0.4 is 15.2 Å². The van der Waals surface area contributed by atoms with Crippen LogP contribution in [0.25, 0.3) is 11.3 Å². The molecule has 1 saturated heterocycles. The highest BCUT2D eigenvalue weighted by molar-refractivity contribution is 5.65. The van der Waals surface area contributed by atoms with Crippen LogP contribution in [0.4, 0.5) is 5.82 Å². The lowest BCUT2D eigenvalue weighted by Crippen LogP contribution is -2.26. The summed E-state index contributed by atoms with van der Waals surface area (Å²) >= 11 is 0. The standard InChI is InChI=1S/C15H19N3O3/c1-19-14-8-10(12-9-15(16)18-17-12)2-3-13(14)21-11-4-6-20-7-5-11/h2-3,8-9,11H,4-7H2,1H3,(H3,16,17,18). The molecule has 1 fully saturated rings. The highest BCUT2D eigenvalue weighted by Gasteiger charge is 2.17. The van der Waals surface area contributed by atoms with Crippen LogP contribution in [0, 0.1) is 0 Å². The number of anilines is 1. The second-order valence-corrected chi connectivity index (χ2v) is 5.00. The second-order valence-electron chi connectivity index (χ2n) is 5.00. The number of aromatic amines is 1. The smallest absolute Gasteiger partial charge is 0.161 e. The molecule has 0 spiro atoms. The van der Waals surface area contributed by atoms with Crippen molar-refractivity contribution in [2.75, 3.05) is 26.1 Å². The van der Waals surface area contributed by atoms with Crippen molar-refractivity contribution in [3.63, 3.8) is 0 Å². The number of nitrogens with two attached hydrogens (primary N) is 1. The van der Waals surface area contributed by atoms with Gasteiger partial charge in [0.1, 0.15) is 11.9 Å². The maximum atomic E-state index is 6.02. The van der Waals surface area contributed by atoms with E-state index in [-0.39, 0.29) is 6.10 Å². The Labute approximate surface area is 123 Å². The first-order chi connectivity index (χ1) is 10.3. The average molecular weight is 289 g/mol. The zero-order valence-electron chi connectivity index (χ0n) is 12.0. The number of benzene rings is 1. The highest BCUT2D eigenvalue weighted by atomic mass is 16.5. The molecule has 3 rings (SSSR count). The topological polar surface area (TPSA) is 82.4 Å². The molecule has 0 amide bonds. The fourth-order valence-corrected chi connectivity index (χ4v) is 2.39. The van der Waals surface area contributed by atoms with E-state index in [9.17, 15) is 0 Å². The maximum Gasteiger partial charge on any atom is 0.161 e. The molecule has 2 aromatic rings. The van der Waals surface area contributed by atoms with E-state index in [1.165, 1.54) is 0 Å². The minimum atomic E-state index is 0.182. The van der Waals surface area contributed by atoms with Crippen LogP contribution in [0.15, 0.2) is 24.3 Å². The van der Waals surface area contributed by atoms with Crippen molar-refractivity contribution in [2.45, 2.75) is 18.9 Å². The minimum absolute atomic E-state index is 0.182. The van der Waals surface area contributed by atoms with Gasteiger partial charge in [-0.3, -0.25) is 5.10 Å². The number of rotatable bonds is 4. The molecule has 112 valence electrons. The van der Waals surface area contributed by atoms with E-state index >= 15 is 0 Å². The van der Waals surface area contributed by atoms with Crippen LogP contribution in [-0.4, -0.2) is 36.6 Å². The van der Waals surface area contributed by atoms with E-state index in [1.807, 2.05) is 18.2 Å². The van der Waals surface area contributed by atoms with E-state index in [0.717, 1.165) is 43.1 Å². The summed E-state index contributed by atoms with van der Waals surface area (Å²) in [6.45, 7) is 1.50. The molecule has 0 bridgehead atoms. The molecule has 1 aliphatic heterocycles. The third-order valence-corrected chi connectivity index (χ3v) is 3.53. The Morgan fingerprint density at radius 3 is 2.71 bits per heavy atom. The summed E-state index contributed by atoms with van der Waals surface area (Å²) < 4.78 is 16.8. The summed E-state index contributed by atoms with van der Waals surface area (Å²) in [6, 6.07) is 7.58. The van der Waals surface area contributed by atoms with Gasteiger partial charge in [-0.25, -0.2) is 0 Å². The third kappa shape index (κ3) is 3.11. The lowest BCUT2D eigenvalue weighted by atomic mass is 10.1. The van der Waals surface area contributed by atoms with E-state index in [1.54, 1.807) is 13.2 Å². The second kappa shape index (κ2) is 6.05. The summed E-state index contributed by atoms with van der Waals surface area (Å²) in [4.78, 5) is 0. The monoisotopic (exact) mass is 289 g/mol. The van der Waals surface area contributed by atoms with Crippen molar-refractivity contribution in [3.8, 4) is 22.8 Å². The Hall–Kier alpha value is -2.21. The van der Waals surface area contributed by atoms with Gasteiger partial charge in [0.2, 0.25) is 0 Å². The molecule has 6 heteroatoms.